The molecule has 146 valence electrons. The summed E-state index contributed by atoms with van der Waals surface area (Å²) in [7, 11) is 2.04. The van der Waals surface area contributed by atoms with Crippen LogP contribution in [0, 0.1) is 6.92 Å². The predicted octanol–water partition coefficient (Wildman–Crippen LogP) is 2.20. The van der Waals surface area contributed by atoms with Gasteiger partial charge in [0.15, 0.2) is 5.82 Å². The van der Waals surface area contributed by atoms with Gasteiger partial charge in [-0.2, -0.15) is 15.2 Å². The first-order chi connectivity index (χ1) is 12.9. The molecule has 0 bridgehead atoms. The van der Waals surface area contributed by atoms with Crippen molar-refractivity contribution in [2.45, 2.75) is 59.0 Å². The molecule has 8 heteroatoms. The highest BCUT2D eigenvalue weighted by Crippen LogP contribution is 2.20. The molecule has 1 unspecified atom stereocenters. The number of likely N-dealkylation sites (tertiary alicyclic amines) is 1. The Morgan fingerprint density at radius 1 is 1.41 bits per heavy atom. The smallest absolute Gasteiger partial charge is 0.255 e. The Morgan fingerprint density at radius 3 is 2.85 bits per heavy atom. The molecule has 8 nitrogen and oxygen atoms in total. The van der Waals surface area contributed by atoms with Gasteiger partial charge in [0.05, 0.1) is 23.5 Å². The number of likely N-dealkylation sites (N-methyl/N-ethyl adjacent to an activating group) is 1. The first kappa shape index (κ1) is 19.4. The molecule has 1 fully saturated rings. The Kier molecular flexibility index (Phi) is 5.84. The summed E-state index contributed by atoms with van der Waals surface area (Å²) < 4.78 is 5.28. The van der Waals surface area contributed by atoms with Gasteiger partial charge in [-0.25, -0.2) is 0 Å². The van der Waals surface area contributed by atoms with Gasteiger partial charge in [0, 0.05) is 25.0 Å². The van der Waals surface area contributed by atoms with Crippen LogP contribution >= 0.6 is 0 Å². The molecule has 0 saturated carbocycles. The van der Waals surface area contributed by atoms with Crippen molar-refractivity contribution in [2.75, 3.05) is 20.1 Å². The maximum absolute atomic E-state index is 13.0. The van der Waals surface area contributed by atoms with E-state index < -0.39 is 0 Å². The summed E-state index contributed by atoms with van der Waals surface area (Å²) in [6.45, 7) is 9.95. The standard InChI is InChI=1S/C19H28N6O2/c1-6-16-15(9-13(4)21-22-16)19(26)25-8-7-14(10-25)24(5)11-17-20-18(12(2)3)27-23-17/h9,12,14H,6-8,10-11H2,1-5H3. The molecule has 27 heavy (non-hydrogen) atoms. The van der Waals surface area contributed by atoms with E-state index in [1.807, 2.05) is 45.7 Å². The van der Waals surface area contributed by atoms with E-state index in [2.05, 4.69) is 25.2 Å². The van der Waals surface area contributed by atoms with Gasteiger partial charge in [-0.15, -0.1) is 0 Å². The number of amides is 1. The molecule has 1 atom stereocenters. The maximum atomic E-state index is 13.0. The summed E-state index contributed by atoms with van der Waals surface area (Å²) in [5, 5.41) is 12.3. The van der Waals surface area contributed by atoms with Crippen LogP contribution in [0.3, 0.4) is 0 Å². The Bertz CT molecular complexity index is 803. The van der Waals surface area contributed by atoms with Crippen LogP contribution in [0.4, 0.5) is 0 Å². The van der Waals surface area contributed by atoms with E-state index in [0.717, 1.165) is 24.4 Å². The zero-order valence-corrected chi connectivity index (χ0v) is 16.8. The zero-order valence-electron chi connectivity index (χ0n) is 16.8. The molecular formula is C19H28N6O2. The second-order valence-electron chi connectivity index (χ2n) is 7.51. The van der Waals surface area contributed by atoms with Gasteiger partial charge in [0.1, 0.15) is 0 Å². The molecule has 1 aliphatic rings. The average molecular weight is 372 g/mol. The Labute approximate surface area is 160 Å². The lowest BCUT2D eigenvalue weighted by molar-refractivity contribution is 0.0777. The number of carbonyl (C=O) groups is 1. The number of hydrogen-bond acceptors (Lipinski definition) is 7. The molecule has 0 aliphatic carbocycles. The van der Waals surface area contributed by atoms with Gasteiger partial charge < -0.3 is 9.42 Å². The second kappa shape index (κ2) is 8.12. The van der Waals surface area contributed by atoms with Crippen LogP contribution in [0.15, 0.2) is 10.6 Å². The van der Waals surface area contributed by atoms with E-state index in [4.69, 9.17) is 4.52 Å². The molecule has 3 rings (SSSR count). The Balaban J connectivity index is 1.63. The van der Waals surface area contributed by atoms with E-state index in [1.54, 1.807) is 0 Å². The van der Waals surface area contributed by atoms with Crippen molar-refractivity contribution in [1.82, 2.24) is 30.1 Å². The molecule has 0 spiro atoms. The molecule has 1 amide bonds. The topological polar surface area (TPSA) is 88.3 Å². The minimum atomic E-state index is 0.0439. The molecule has 3 heterocycles. The van der Waals surface area contributed by atoms with E-state index in [1.165, 1.54) is 0 Å². The minimum Gasteiger partial charge on any atom is -0.339 e. The molecule has 2 aromatic heterocycles. The van der Waals surface area contributed by atoms with Crippen LogP contribution < -0.4 is 0 Å². The summed E-state index contributed by atoms with van der Waals surface area (Å²) in [5.41, 5.74) is 2.20. The fourth-order valence-corrected chi connectivity index (χ4v) is 3.34. The Morgan fingerprint density at radius 2 is 2.19 bits per heavy atom. The molecule has 0 aromatic carbocycles. The number of rotatable bonds is 6. The Hall–Kier alpha value is -2.35. The summed E-state index contributed by atoms with van der Waals surface area (Å²) in [4.78, 5) is 21.5. The van der Waals surface area contributed by atoms with Crippen molar-refractivity contribution in [2.24, 2.45) is 0 Å². The van der Waals surface area contributed by atoms with Crippen LogP contribution in [0.1, 0.15) is 66.6 Å². The first-order valence-electron chi connectivity index (χ1n) is 9.54. The summed E-state index contributed by atoms with van der Waals surface area (Å²) in [6.07, 6.45) is 1.62. The zero-order chi connectivity index (χ0) is 19.6. The first-order valence-corrected chi connectivity index (χ1v) is 9.54. The third-order valence-corrected chi connectivity index (χ3v) is 5.00. The average Bonchev–Trinajstić information content (AvgIpc) is 3.30. The molecule has 0 radical (unpaired) electrons. The summed E-state index contributed by atoms with van der Waals surface area (Å²) in [5.74, 6) is 1.62. The highest BCUT2D eigenvalue weighted by Gasteiger charge is 2.31. The van der Waals surface area contributed by atoms with Gasteiger partial charge in [-0.1, -0.05) is 25.9 Å². The van der Waals surface area contributed by atoms with Crippen LogP contribution in [0.25, 0.3) is 0 Å². The fraction of sp³-hybridized carbons (Fsp3) is 0.632. The quantitative estimate of drug-likeness (QED) is 0.768. The van der Waals surface area contributed by atoms with Crippen LogP contribution in [0.5, 0.6) is 0 Å². The van der Waals surface area contributed by atoms with Crippen molar-refractivity contribution in [3.8, 4) is 0 Å². The molecule has 1 aliphatic heterocycles. The number of carbonyl (C=O) groups excluding carboxylic acids is 1. The van der Waals surface area contributed by atoms with E-state index in [9.17, 15) is 4.79 Å². The van der Waals surface area contributed by atoms with Gasteiger partial charge >= 0.3 is 0 Å². The van der Waals surface area contributed by atoms with Crippen molar-refractivity contribution >= 4 is 5.91 Å². The highest BCUT2D eigenvalue weighted by atomic mass is 16.5. The lowest BCUT2D eigenvalue weighted by Gasteiger charge is -2.23. The van der Waals surface area contributed by atoms with Crippen LogP contribution in [-0.4, -0.2) is 62.2 Å². The number of aryl methyl sites for hydroxylation is 2. The van der Waals surface area contributed by atoms with E-state index >= 15 is 0 Å². The lowest BCUT2D eigenvalue weighted by Crippen LogP contribution is -2.36. The van der Waals surface area contributed by atoms with Gasteiger partial charge in [-0.05, 0) is 32.9 Å². The summed E-state index contributed by atoms with van der Waals surface area (Å²) in [6, 6.07) is 2.12. The van der Waals surface area contributed by atoms with Gasteiger partial charge in [-0.3, -0.25) is 9.69 Å². The monoisotopic (exact) mass is 372 g/mol. The largest absolute Gasteiger partial charge is 0.339 e. The second-order valence-corrected chi connectivity index (χ2v) is 7.51. The van der Waals surface area contributed by atoms with Crippen LogP contribution in [0.2, 0.25) is 0 Å². The SMILES string of the molecule is CCc1nnc(C)cc1C(=O)N1CCC(N(C)Cc2noc(C(C)C)n2)C1. The van der Waals surface area contributed by atoms with Crippen molar-refractivity contribution in [1.29, 1.82) is 0 Å². The van der Waals surface area contributed by atoms with Crippen molar-refractivity contribution in [3.63, 3.8) is 0 Å². The van der Waals surface area contributed by atoms with E-state index in [-0.39, 0.29) is 17.9 Å². The lowest BCUT2D eigenvalue weighted by atomic mass is 10.1. The van der Waals surface area contributed by atoms with Crippen molar-refractivity contribution in [3.05, 3.63) is 34.7 Å². The van der Waals surface area contributed by atoms with Crippen molar-refractivity contribution < 1.29 is 9.32 Å². The normalized spacial score (nSPS) is 17.3. The van der Waals surface area contributed by atoms with E-state index in [0.29, 0.717) is 36.8 Å². The van der Waals surface area contributed by atoms with Gasteiger partial charge in [0.25, 0.3) is 5.91 Å². The summed E-state index contributed by atoms with van der Waals surface area (Å²) >= 11 is 0. The number of nitrogens with zero attached hydrogens (tertiary/aromatic N) is 6. The number of aromatic nitrogens is 4. The molecule has 1 saturated heterocycles. The van der Waals surface area contributed by atoms with Gasteiger partial charge in [0.2, 0.25) is 5.89 Å². The molecule has 2 aromatic rings. The van der Waals surface area contributed by atoms with Crippen LogP contribution in [-0.2, 0) is 13.0 Å². The minimum absolute atomic E-state index is 0.0439. The fourth-order valence-electron chi connectivity index (χ4n) is 3.34. The predicted molar refractivity (Wildman–Crippen MR) is 100 cm³/mol. The molecule has 0 N–H and O–H groups in total. The molecular weight excluding hydrogens is 344 g/mol. The number of hydrogen-bond donors (Lipinski definition) is 0. The third kappa shape index (κ3) is 4.32. The third-order valence-electron chi connectivity index (χ3n) is 5.00. The maximum Gasteiger partial charge on any atom is 0.255 e. The highest BCUT2D eigenvalue weighted by molar-refractivity contribution is 5.95.